The SMILES string of the molecule is CCOC(=O)c1cc(N2CC(C)CC(C)C2)ccc1N. The van der Waals surface area contributed by atoms with Crippen molar-refractivity contribution in [3.63, 3.8) is 0 Å². The van der Waals surface area contributed by atoms with Crippen molar-refractivity contribution in [1.29, 1.82) is 0 Å². The van der Waals surface area contributed by atoms with Crippen LogP contribution in [0.5, 0.6) is 0 Å². The molecule has 2 rings (SSSR count). The molecule has 4 nitrogen and oxygen atoms in total. The van der Waals surface area contributed by atoms with E-state index < -0.39 is 0 Å². The summed E-state index contributed by atoms with van der Waals surface area (Å²) in [6.07, 6.45) is 1.26. The Bertz CT molecular complexity index is 477. The van der Waals surface area contributed by atoms with Gasteiger partial charge in [0.2, 0.25) is 0 Å². The number of benzene rings is 1. The molecule has 2 unspecified atom stereocenters. The molecule has 4 heteroatoms. The fourth-order valence-corrected chi connectivity index (χ4v) is 3.00. The highest BCUT2D eigenvalue weighted by atomic mass is 16.5. The molecule has 1 heterocycles. The average molecular weight is 276 g/mol. The van der Waals surface area contributed by atoms with Crippen LogP contribution in [-0.4, -0.2) is 25.7 Å². The van der Waals surface area contributed by atoms with Crippen LogP contribution in [-0.2, 0) is 4.74 Å². The Hall–Kier alpha value is -1.71. The van der Waals surface area contributed by atoms with E-state index in [4.69, 9.17) is 10.5 Å². The van der Waals surface area contributed by atoms with E-state index in [1.165, 1.54) is 6.42 Å². The fraction of sp³-hybridized carbons (Fsp3) is 0.562. The van der Waals surface area contributed by atoms with Gasteiger partial charge in [0.05, 0.1) is 12.2 Å². The fourth-order valence-electron chi connectivity index (χ4n) is 3.00. The number of anilines is 2. The highest BCUT2D eigenvalue weighted by molar-refractivity contribution is 5.96. The molecule has 0 aromatic heterocycles. The molecule has 2 N–H and O–H groups in total. The molecule has 0 spiro atoms. The molecule has 1 aliphatic rings. The van der Waals surface area contributed by atoms with Crippen LogP contribution in [0.4, 0.5) is 11.4 Å². The van der Waals surface area contributed by atoms with Crippen molar-refractivity contribution in [2.24, 2.45) is 11.8 Å². The van der Waals surface area contributed by atoms with E-state index >= 15 is 0 Å². The second-order valence-electron chi connectivity index (χ2n) is 5.84. The number of nitrogens with two attached hydrogens (primary N) is 1. The molecular formula is C16H24N2O2. The summed E-state index contributed by atoms with van der Waals surface area (Å²) in [6.45, 7) is 8.75. The average Bonchev–Trinajstić information content (AvgIpc) is 2.38. The van der Waals surface area contributed by atoms with Crippen LogP contribution >= 0.6 is 0 Å². The van der Waals surface area contributed by atoms with Gasteiger partial charge in [-0.3, -0.25) is 0 Å². The van der Waals surface area contributed by atoms with Crippen LogP contribution < -0.4 is 10.6 Å². The molecule has 0 radical (unpaired) electrons. The molecule has 1 saturated heterocycles. The predicted octanol–water partition coefficient (Wildman–Crippen LogP) is 2.93. The number of carbonyl (C=O) groups excluding carboxylic acids is 1. The molecule has 0 bridgehead atoms. The zero-order chi connectivity index (χ0) is 14.7. The topological polar surface area (TPSA) is 55.6 Å². The normalized spacial score (nSPS) is 22.6. The van der Waals surface area contributed by atoms with Gasteiger partial charge < -0.3 is 15.4 Å². The van der Waals surface area contributed by atoms with Crippen LogP contribution in [0.15, 0.2) is 18.2 Å². The Balaban J connectivity index is 2.24. The lowest BCUT2D eigenvalue weighted by Crippen LogP contribution is -2.38. The smallest absolute Gasteiger partial charge is 0.340 e. The maximum atomic E-state index is 11.9. The van der Waals surface area contributed by atoms with Gasteiger partial charge >= 0.3 is 5.97 Å². The summed E-state index contributed by atoms with van der Waals surface area (Å²) in [4.78, 5) is 14.2. The first kappa shape index (κ1) is 14.7. The molecule has 1 aliphatic heterocycles. The Morgan fingerprint density at radius 3 is 2.60 bits per heavy atom. The van der Waals surface area contributed by atoms with Gasteiger partial charge in [-0.25, -0.2) is 4.79 Å². The van der Waals surface area contributed by atoms with Crippen LogP contribution in [0.25, 0.3) is 0 Å². The van der Waals surface area contributed by atoms with E-state index in [1.807, 2.05) is 12.1 Å². The van der Waals surface area contributed by atoms with E-state index in [1.54, 1.807) is 13.0 Å². The molecule has 0 amide bonds. The number of carbonyl (C=O) groups is 1. The first-order valence-electron chi connectivity index (χ1n) is 7.32. The van der Waals surface area contributed by atoms with Crippen molar-refractivity contribution in [2.45, 2.75) is 27.2 Å². The summed E-state index contributed by atoms with van der Waals surface area (Å²) in [5.41, 5.74) is 7.89. The Morgan fingerprint density at radius 1 is 1.35 bits per heavy atom. The molecule has 1 fully saturated rings. The van der Waals surface area contributed by atoms with Gasteiger partial charge in [-0.15, -0.1) is 0 Å². The summed E-state index contributed by atoms with van der Waals surface area (Å²) in [7, 11) is 0. The minimum Gasteiger partial charge on any atom is -0.462 e. The Kier molecular flexibility index (Phi) is 4.53. The molecule has 20 heavy (non-hydrogen) atoms. The van der Waals surface area contributed by atoms with Crippen LogP contribution in [0.2, 0.25) is 0 Å². The van der Waals surface area contributed by atoms with Gasteiger partial charge in [-0.05, 0) is 43.4 Å². The van der Waals surface area contributed by atoms with E-state index in [0.717, 1.165) is 18.8 Å². The largest absolute Gasteiger partial charge is 0.462 e. The quantitative estimate of drug-likeness (QED) is 0.681. The number of hydrogen-bond donors (Lipinski definition) is 1. The highest BCUT2D eigenvalue weighted by Crippen LogP contribution is 2.28. The number of nitrogen functional groups attached to an aromatic ring is 1. The standard InChI is InChI=1S/C16H24N2O2/c1-4-20-16(19)14-8-13(5-6-15(14)17)18-9-11(2)7-12(3)10-18/h5-6,8,11-12H,4,7,9-10,17H2,1-3H3. The predicted molar refractivity (Wildman–Crippen MR) is 82.0 cm³/mol. The van der Waals surface area contributed by atoms with E-state index in [2.05, 4.69) is 18.7 Å². The zero-order valence-corrected chi connectivity index (χ0v) is 12.6. The van der Waals surface area contributed by atoms with E-state index in [0.29, 0.717) is 29.7 Å². The van der Waals surface area contributed by atoms with Crippen molar-refractivity contribution in [3.8, 4) is 0 Å². The zero-order valence-electron chi connectivity index (χ0n) is 12.6. The number of ether oxygens (including phenoxy) is 1. The van der Waals surface area contributed by atoms with Crippen molar-refractivity contribution in [1.82, 2.24) is 0 Å². The minimum absolute atomic E-state index is 0.343. The minimum atomic E-state index is -0.343. The van der Waals surface area contributed by atoms with Crippen molar-refractivity contribution in [2.75, 3.05) is 30.3 Å². The lowest BCUT2D eigenvalue weighted by atomic mass is 9.91. The third-order valence-electron chi connectivity index (χ3n) is 3.77. The summed E-state index contributed by atoms with van der Waals surface area (Å²) in [5, 5.41) is 0. The Morgan fingerprint density at radius 2 is 2.00 bits per heavy atom. The van der Waals surface area contributed by atoms with Crippen LogP contribution in [0.1, 0.15) is 37.6 Å². The van der Waals surface area contributed by atoms with Gasteiger partial charge in [0, 0.05) is 24.5 Å². The van der Waals surface area contributed by atoms with Crippen LogP contribution in [0.3, 0.4) is 0 Å². The van der Waals surface area contributed by atoms with Gasteiger partial charge in [0.1, 0.15) is 0 Å². The van der Waals surface area contributed by atoms with Gasteiger partial charge in [-0.2, -0.15) is 0 Å². The van der Waals surface area contributed by atoms with Crippen molar-refractivity contribution >= 4 is 17.3 Å². The van der Waals surface area contributed by atoms with Crippen molar-refractivity contribution < 1.29 is 9.53 Å². The second-order valence-corrected chi connectivity index (χ2v) is 5.84. The lowest BCUT2D eigenvalue weighted by molar-refractivity contribution is 0.0527. The molecular weight excluding hydrogens is 252 g/mol. The summed E-state index contributed by atoms with van der Waals surface area (Å²) < 4.78 is 5.06. The maximum Gasteiger partial charge on any atom is 0.340 e. The monoisotopic (exact) mass is 276 g/mol. The number of esters is 1. The highest BCUT2D eigenvalue weighted by Gasteiger charge is 2.23. The molecule has 1 aromatic carbocycles. The third kappa shape index (κ3) is 3.24. The van der Waals surface area contributed by atoms with Gasteiger partial charge in [-0.1, -0.05) is 13.8 Å². The summed E-state index contributed by atoms with van der Waals surface area (Å²) in [5.74, 6) is 0.995. The molecule has 0 aliphatic carbocycles. The van der Waals surface area contributed by atoms with Gasteiger partial charge in [0.15, 0.2) is 0 Å². The molecule has 110 valence electrons. The summed E-state index contributed by atoms with van der Waals surface area (Å²) in [6, 6.07) is 5.65. The van der Waals surface area contributed by atoms with E-state index in [9.17, 15) is 4.79 Å². The first-order valence-corrected chi connectivity index (χ1v) is 7.32. The first-order chi connectivity index (χ1) is 9.51. The summed E-state index contributed by atoms with van der Waals surface area (Å²) >= 11 is 0. The number of rotatable bonds is 3. The number of hydrogen-bond acceptors (Lipinski definition) is 4. The molecule has 1 aromatic rings. The number of piperidine rings is 1. The maximum absolute atomic E-state index is 11.9. The number of nitrogens with zero attached hydrogens (tertiary/aromatic N) is 1. The lowest BCUT2D eigenvalue weighted by Gasteiger charge is -2.36. The van der Waals surface area contributed by atoms with Crippen molar-refractivity contribution in [3.05, 3.63) is 23.8 Å². The van der Waals surface area contributed by atoms with E-state index in [-0.39, 0.29) is 5.97 Å². The van der Waals surface area contributed by atoms with Crippen LogP contribution in [0, 0.1) is 11.8 Å². The third-order valence-corrected chi connectivity index (χ3v) is 3.77. The van der Waals surface area contributed by atoms with Gasteiger partial charge in [0.25, 0.3) is 0 Å². The molecule has 0 saturated carbocycles. The second kappa shape index (κ2) is 6.16. The molecule has 2 atom stereocenters. The Labute approximate surface area is 120 Å².